The number of unbranched alkanes of at least 4 members (excludes halogenated alkanes) is 2. The molecule has 2 aromatic carbocycles. The van der Waals surface area contributed by atoms with Gasteiger partial charge in [0.15, 0.2) is 0 Å². The summed E-state index contributed by atoms with van der Waals surface area (Å²) < 4.78 is 0. The Morgan fingerprint density at radius 2 is 1.41 bits per heavy atom. The van der Waals surface area contributed by atoms with E-state index >= 15 is 0 Å². The van der Waals surface area contributed by atoms with Crippen molar-refractivity contribution in [2.24, 2.45) is 0 Å². The van der Waals surface area contributed by atoms with Crippen molar-refractivity contribution >= 4 is 12.2 Å². The molecule has 0 aliphatic rings. The first-order valence-corrected chi connectivity index (χ1v) is 9.73. The van der Waals surface area contributed by atoms with E-state index in [1.165, 1.54) is 5.56 Å². The van der Waals surface area contributed by atoms with E-state index in [4.69, 9.17) is 0 Å². The van der Waals surface area contributed by atoms with Gasteiger partial charge in [0.2, 0.25) is 0 Å². The topological polar surface area (TPSA) is 60.7 Å². The summed E-state index contributed by atoms with van der Waals surface area (Å²) in [6.07, 6.45) is 9.28. The van der Waals surface area contributed by atoms with Crippen LogP contribution in [0.15, 0.2) is 42.5 Å². The number of hydrogen-bond donors (Lipinski definition) is 3. The number of aryl methyl sites for hydroxylation is 1. The van der Waals surface area contributed by atoms with Crippen LogP contribution in [0.2, 0.25) is 0 Å². The minimum Gasteiger partial charge on any atom is -0.392 e. The van der Waals surface area contributed by atoms with Crippen LogP contribution in [-0.4, -0.2) is 20.9 Å². The SMILES string of the molecule is CC(C)(O)CCCCCc1cccc(/C=C/c2cc(CO)cc(CO)c2)c1. The average Bonchev–Trinajstić information content (AvgIpc) is 2.65. The van der Waals surface area contributed by atoms with Crippen molar-refractivity contribution in [2.45, 2.75) is 64.8 Å². The molecule has 3 nitrogen and oxygen atoms in total. The van der Waals surface area contributed by atoms with Crippen LogP contribution in [0, 0.1) is 0 Å². The molecular weight excluding hydrogens is 336 g/mol. The van der Waals surface area contributed by atoms with Crippen LogP contribution in [0.5, 0.6) is 0 Å². The van der Waals surface area contributed by atoms with Gasteiger partial charge in [-0.25, -0.2) is 0 Å². The maximum Gasteiger partial charge on any atom is 0.0682 e. The molecule has 27 heavy (non-hydrogen) atoms. The standard InChI is InChI=1S/C24H32O3/c1-24(2,27)12-5-3-4-7-19-8-6-9-20(13-19)10-11-21-14-22(17-25)16-23(15-21)18-26/h6,8-11,13-16,25-27H,3-5,7,12,17-18H2,1-2H3/b11-10+. The van der Waals surface area contributed by atoms with Gasteiger partial charge in [-0.3, -0.25) is 0 Å². The lowest BCUT2D eigenvalue weighted by Gasteiger charge is -2.16. The average molecular weight is 369 g/mol. The molecule has 0 saturated heterocycles. The van der Waals surface area contributed by atoms with E-state index in [1.807, 2.05) is 38.1 Å². The summed E-state index contributed by atoms with van der Waals surface area (Å²) in [5.41, 5.74) is 4.49. The Morgan fingerprint density at radius 1 is 0.778 bits per heavy atom. The molecule has 146 valence electrons. The van der Waals surface area contributed by atoms with E-state index in [9.17, 15) is 15.3 Å². The molecule has 2 rings (SSSR count). The Kier molecular flexibility index (Phi) is 8.23. The first-order chi connectivity index (χ1) is 12.9. The third-order valence-corrected chi connectivity index (χ3v) is 4.61. The fraction of sp³-hybridized carbons (Fsp3) is 0.417. The highest BCUT2D eigenvalue weighted by Crippen LogP contribution is 2.17. The van der Waals surface area contributed by atoms with Crippen molar-refractivity contribution in [1.29, 1.82) is 0 Å². The largest absolute Gasteiger partial charge is 0.392 e. The van der Waals surface area contributed by atoms with Crippen LogP contribution in [0.4, 0.5) is 0 Å². The van der Waals surface area contributed by atoms with Crippen molar-refractivity contribution in [3.63, 3.8) is 0 Å². The third-order valence-electron chi connectivity index (χ3n) is 4.61. The molecule has 3 N–H and O–H groups in total. The molecule has 0 aliphatic heterocycles. The highest BCUT2D eigenvalue weighted by molar-refractivity contribution is 5.70. The van der Waals surface area contributed by atoms with Crippen LogP contribution in [0.1, 0.15) is 67.3 Å². The predicted molar refractivity (Wildman–Crippen MR) is 112 cm³/mol. The molecule has 0 aromatic heterocycles. The molecule has 0 unspecified atom stereocenters. The first-order valence-electron chi connectivity index (χ1n) is 9.73. The van der Waals surface area contributed by atoms with Gasteiger partial charge in [0.25, 0.3) is 0 Å². The molecule has 0 spiro atoms. The Labute approximate surface area is 163 Å². The van der Waals surface area contributed by atoms with Gasteiger partial charge in [-0.05, 0) is 73.1 Å². The summed E-state index contributed by atoms with van der Waals surface area (Å²) in [5, 5.41) is 28.5. The Bertz CT molecular complexity index is 719. The molecule has 0 amide bonds. The predicted octanol–water partition coefficient (Wildman–Crippen LogP) is 4.72. The van der Waals surface area contributed by atoms with Crippen LogP contribution in [0.3, 0.4) is 0 Å². The zero-order valence-electron chi connectivity index (χ0n) is 16.5. The maximum atomic E-state index is 9.75. The molecular formula is C24H32O3. The van der Waals surface area contributed by atoms with Crippen molar-refractivity contribution in [3.8, 4) is 0 Å². The molecule has 0 aliphatic carbocycles. The van der Waals surface area contributed by atoms with E-state index in [-0.39, 0.29) is 13.2 Å². The monoisotopic (exact) mass is 368 g/mol. The Morgan fingerprint density at radius 3 is 2.04 bits per heavy atom. The second-order valence-electron chi connectivity index (χ2n) is 7.85. The summed E-state index contributed by atoms with van der Waals surface area (Å²) in [4.78, 5) is 0. The minimum atomic E-state index is -0.562. The fourth-order valence-electron chi connectivity index (χ4n) is 3.18. The van der Waals surface area contributed by atoms with Gasteiger partial charge in [0.05, 0.1) is 18.8 Å². The van der Waals surface area contributed by atoms with Crippen LogP contribution < -0.4 is 0 Å². The molecule has 0 radical (unpaired) electrons. The summed E-state index contributed by atoms with van der Waals surface area (Å²) in [7, 11) is 0. The van der Waals surface area contributed by atoms with Gasteiger partial charge in [-0.2, -0.15) is 0 Å². The van der Waals surface area contributed by atoms with Crippen LogP contribution in [0.25, 0.3) is 12.2 Å². The van der Waals surface area contributed by atoms with E-state index in [1.54, 1.807) is 0 Å². The summed E-state index contributed by atoms with van der Waals surface area (Å²) in [6, 6.07) is 14.2. The van der Waals surface area contributed by atoms with Crippen molar-refractivity contribution in [1.82, 2.24) is 0 Å². The Hall–Kier alpha value is -1.94. The number of benzene rings is 2. The molecule has 0 saturated carbocycles. The van der Waals surface area contributed by atoms with Gasteiger partial charge in [0.1, 0.15) is 0 Å². The second kappa shape index (κ2) is 10.4. The molecule has 3 heteroatoms. The molecule has 0 fully saturated rings. The van der Waals surface area contributed by atoms with E-state index in [2.05, 4.69) is 30.3 Å². The minimum absolute atomic E-state index is 0.0301. The second-order valence-corrected chi connectivity index (χ2v) is 7.85. The lowest BCUT2D eigenvalue weighted by atomic mass is 9.98. The normalized spacial score (nSPS) is 12.0. The number of aliphatic hydroxyl groups excluding tert-OH is 2. The summed E-state index contributed by atoms with van der Waals surface area (Å²) in [6.45, 7) is 3.67. The lowest BCUT2D eigenvalue weighted by molar-refractivity contribution is 0.0681. The number of hydrogen-bond acceptors (Lipinski definition) is 3. The summed E-state index contributed by atoms with van der Waals surface area (Å²) in [5.74, 6) is 0. The molecule has 0 heterocycles. The highest BCUT2D eigenvalue weighted by atomic mass is 16.3. The van der Waals surface area contributed by atoms with E-state index < -0.39 is 5.60 Å². The van der Waals surface area contributed by atoms with Gasteiger partial charge >= 0.3 is 0 Å². The van der Waals surface area contributed by atoms with Gasteiger partial charge < -0.3 is 15.3 Å². The Balaban J connectivity index is 1.94. The van der Waals surface area contributed by atoms with E-state index in [0.717, 1.165) is 54.4 Å². The first kappa shape index (κ1) is 21.4. The van der Waals surface area contributed by atoms with Crippen molar-refractivity contribution in [2.75, 3.05) is 0 Å². The van der Waals surface area contributed by atoms with Crippen molar-refractivity contribution in [3.05, 3.63) is 70.3 Å². The van der Waals surface area contributed by atoms with Gasteiger partial charge in [0, 0.05) is 0 Å². The van der Waals surface area contributed by atoms with Gasteiger partial charge in [-0.1, -0.05) is 55.3 Å². The molecule has 0 atom stereocenters. The molecule has 0 bridgehead atoms. The molecule has 2 aromatic rings. The number of aliphatic hydroxyl groups is 3. The lowest BCUT2D eigenvalue weighted by Crippen LogP contribution is -2.17. The quantitative estimate of drug-likeness (QED) is 0.420. The van der Waals surface area contributed by atoms with Gasteiger partial charge in [-0.15, -0.1) is 0 Å². The zero-order chi connectivity index (χ0) is 19.7. The smallest absolute Gasteiger partial charge is 0.0682 e. The third kappa shape index (κ3) is 8.08. The summed E-state index contributed by atoms with van der Waals surface area (Å²) >= 11 is 0. The fourth-order valence-corrected chi connectivity index (χ4v) is 3.18. The highest BCUT2D eigenvalue weighted by Gasteiger charge is 2.10. The maximum absolute atomic E-state index is 9.75. The zero-order valence-corrected chi connectivity index (χ0v) is 16.5. The van der Waals surface area contributed by atoms with E-state index in [0.29, 0.717) is 0 Å². The number of rotatable bonds is 10. The van der Waals surface area contributed by atoms with Crippen LogP contribution in [-0.2, 0) is 19.6 Å². The van der Waals surface area contributed by atoms with Crippen LogP contribution >= 0.6 is 0 Å². The van der Waals surface area contributed by atoms with Crippen molar-refractivity contribution < 1.29 is 15.3 Å².